The molecule has 1 fully saturated rings. The second kappa shape index (κ2) is 6.74. The summed E-state index contributed by atoms with van der Waals surface area (Å²) in [6.07, 6.45) is -4.69. The number of rotatable bonds is 3. The van der Waals surface area contributed by atoms with E-state index < -0.39 is 23.4 Å². The van der Waals surface area contributed by atoms with Crippen molar-refractivity contribution in [1.29, 1.82) is 0 Å². The smallest absolute Gasteiger partial charge is 0.416 e. The van der Waals surface area contributed by atoms with Crippen LogP contribution in [0.3, 0.4) is 0 Å². The van der Waals surface area contributed by atoms with Crippen molar-refractivity contribution in [2.75, 3.05) is 18.4 Å². The fraction of sp³-hybridized carbons (Fsp3) is 0.294. The zero-order valence-corrected chi connectivity index (χ0v) is 13.7. The number of nitrogens with one attached hydrogen (secondary N) is 1. The van der Waals surface area contributed by atoms with Crippen LogP contribution in [0.25, 0.3) is 0 Å². The number of ether oxygens (including phenoxy) is 1. The fourth-order valence-electron chi connectivity index (χ4n) is 2.46. The summed E-state index contributed by atoms with van der Waals surface area (Å²) < 4.78 is 47.9. The standard InChI is InChI=1S/C17H15F3N2O4/c1-10-6-13(7-15(23)25-10)26-14-8-22(9-14)16(24)21-12-4-2-11(3-5-12)17(18,19)20/h2-7,14H,8-9H2,1H3,(H,21,24). The van der Waals surface area contributed by atoms with E-state index in [0.29, 0.717) is 24.6 Å². The number of nitrogens with zero attached hydrogens (tertiary/aromatic N) is 1. The lowest BCUT2D eigenvalue weighted by atomic mass is 10.1. The van der Waals surface area contributed by atoms with Gasteiger partial charge < -0.3 is 19.4 Å². The number of likely N-dealkylation sites (tertiary alicyclic amines) is 1. The van der Waals surface area contributed by atoms with Crippen LogP contribution in [0.15, 0.2) is 45.6 Å². The van der Waals surface area contributed by atoms with E-state index in [1.165, 1.54) is 23.1 Å². The number of aryl methyl sites for hydroxylation is 1. The van der Waals surface area contributed by atoms with Crippen LogP contribution >= 0.6 is 0 Å². The number of amides is 2. The Kier molecular flexibility index (Phi) is 4.62. The van der Waals surface area contributed by atoms with E-state index in [4.69, 9.17) is 9.15 Å². The molecule has 1 aliphatic rings. The molecule has 2 aromatic rings. The molecule has 1 aliphatic heterocycles. The highest BCUT2D eigenvalue weighted by Gasteiger charge is 2.33. The molecule has 0 aliphatic carbocycles. The number of halogens is 3. The normalized spacial score (nSPS) is 14.7. The van der Waals surface area contributed by atoms with Gasteiger partial charge in [0.15, 0.2) is 0 Å². The van der Waals surface area contributed by atoms with Gasteiger partial charge in [0, 0.05) is 11.8 Å². The Balaban J connectivity index is 1.51. The maximum atomic E-state index is 12.5. The number of carbonyl (C=O) groups excluding carboxylic acids is 1. The first-order valence-electron chi connectivity index (χ1n) is 7.72. The van der Waals surface area contributed by atoms with Crippen LogP contribution in [0.2, 0.25) is 0 Å². The van der Waals surface area contributed by atoms with Crippen LogP contribution in [-0.2, 0) is 6.18 Å². The van der Waals surface area contributed by atoms with Crippen molar-refractivity contribution in [2.45, 2.75) is 19.2 Å². The van der Waals surface area contributed by atoms with Crippen LogP contribution in [0.4, 0.5) is 23.7 Å². The number of hydrogen-bond donors (Lipinski definition) is 1. The highest BCUT2D eigenvalue weighted by atomic mass is 19.4. The van der Waals surface area contributed by atoms with E-state index >= 15 is 0 Å². The van der Waals surface area contributed by atoms with Crippen molar-refractivity contribution in [1.82, 2.24) is 4.90 Å². The van der Waals surface area contributed by atoms with E-state index in [2.05, 4.69) is 5.32 Å². The van der Waals surface area contributed by atoms with E-state index in [1.807, 2.05) is 0 Å². The Hall–Kier alpha value is -2.97. The van der Waals surface area contributed by atoms with Crippen molar-refractivity contribution >= 4 is 11.7 Å². The molecule has 6 nitrogen and oxygen atoms in total. The summed E-state index contributed by atoms with van der Waals surface area (Å²) >= 11 is 0. The van der Waals surface area contributed by atoms with Gasteiger partial charge in [-0.25, -0.2) is 9.59 Å². The van der Waals surface area contributed by atoms with Crippen LogP contribution in [-0.4, -0.2) is 30.1 Å². The molecule has 9 heteroatoms. The second-order valence-electron chi connectivity index (χ2n) is 5.87. The minimum absolute atomic E-state index is 0.267. The summed E-state index contributed by atoms with van der Waals surface area (Å²) in [5.74, 6) is 0.787. The molecule has 0 saturated carbocycles. The molecule has 3 rings (SSSR count). The molecule has 0 unspecified atom stereocenters. The lowest BCUT2D eigenvalue weighted by Crippen LogP contribution is -2.57. The lowest BCUT2D eigenvalue weighted by molar-refractivity contribution is -0.137. The molecule has 1 N–H and O–H groups in total. The van der Waals surface area contributed by atoms with Gasteiger partial charge in [-0.15, -0.1) is 0 Å². The Morgan fingerprint density at radius 2 is 1.88 bits per heavy atom. The molecule has 1 aromatic heterocycles. The molecule has 2 amide bonds. The van der Waals surface area contributed by atoms with Gasteiger partial charge in [0.2, 0.25) is 0 Å². The highest BCUT2D eigenvalue weighted by molar-refractivity contribution is 5.89. The van der Waals surface area contributed by atoms with E-state index in [1.54, 1.807) is 13.0 Å². The molecule has 2 heterocycles. The van der Waals surface area contributed by atoms with E-state index in [9.17, 15) is 22.8 Å². The summed E-state index contributed by atoms with van der Waals surface area (Å²) in [4.78, 5) is 24.8. The summed E-state index contributed by atoms with van der Waals surface area (Å²) in [5, 5.41) is 2.52. The fourth-order valence-corrected chi connectivity index (χ4v) is 2.46. The van der Waals surface area contributed by atoms with Gasteiger partial charge in [-0.1, -0.05) is 0 Å². The first-order valence-corrected chi connectivity index (χ1v) is 7.72. The maximum Gasteiger partial charge on any atom is 0.416 e. The monoisotopic (exact) mass is 368 g/mol. The first kappa shape index (κ1) is 17.8. The second-order valence-corrected chi connectivity index (χ2v) is 5.87. The molecule has 0 spiro atoms. The molecule has 1 saturated heterocycles. The largest absolute Gasteiger partial charge is 0.486 e. The molecule has 0 radical (unpaired) electrons. The van der Waals surface area contributed by atoms with Crippen LogP contribution < -0.4 is 15.7 Å². The quantitative estimate of drug-likeness (QED) is 0.903. The summed E-state index contributed by atoms with van der Waals surface area (Å²) in [6, 6.07) is 6.56. The Morgan fingerprint density at radius 3 is 2.46 bits per heavy atom. The summed E-state index contributed by atoms with van der Waals surface area (Å²) in [6.45, 7) is 2.22. The lowest BCUT2D eigenvalue weighted by Gasteiger charge is -2.38. The van der Waals surface area contributed by atoms with Gasteiger partial charge >= 0.3 is 17.8 Å². The van der Waals surface area contributed by atoms with Gasteiger partial charge in [-0.2, -0.15) is 13.2 Å². The van der Waals surface area contributed by atoms with Crippen molar-refractivity contribution in [2.24, 2.45) is 0 Å². The number of benzene rings is 1. The minimum atomic E-state index is -4.42. The van der Waals surface area contributed by atoms with Crippen molar-refractivity contribution in [3.63, 3.8) is 0 Å². The average molecular weight is 368 g/mol. The third-order valence-corrected chi connectivity index (χ3v) is 3.77. The van der Waals surface area contributed by atoms with Crippen molar-refractivity contribution < 1.29 is 27.1 Å². The number of anilines is 1. The number of urea groups is 1. The molecule has 0 atom stereocenters. The molecule has 26 heavy (non-hydrogen) atoms. The van der Waals surface area contributed by atoms with Crippen molar-refractivity contribution in [3.05, 3.63) is 58.1 Å². The van der Waals surface area contributed by atoms with Gasteiger partial charge in [-0.05, 0) is 31.2 Å². The van der Waals surface area contributed by atoms with E-state index in [0.717, 1.165) is 12.1 Å². The predicted molar refractivity (Wildman–Crippen MR) is 86.2 cm³/mol. The number of hydrogen-bond acceptors (Lipinski definition) is 4. The summed E-state index contributed by atoms with van der Waals surface area (Å²) in [7, 11) is 0. The number of carbonyl (C=O) groups is 1. The topological polar surface area (TPSA) is 71.8 Å². The van der Waals surface area contributed by atoms with Gasteiger partial charge in [0.05, 0.1) is 24.7 Å². The molecule has 1 aromatic carbocycles. The van der Waals surface area contributed by atoms with Crippen LogP contribution in [0, 0.1) is 6.92 Å². The van der Waals surface area contributed by atoms with Gasteiger partial charge in [0.25, 0.3) is 0 Å². The Morgan fingerprint density at radius 1 is 1.23 bits per heavy atom. The zero-order valence-electron chi connectivity index (χ0n) is 13.7. The van der Waals surface area contributed by atoms with E-state index in [-0.39, 0.29) is 11.8 Å². The maximum absolute atomic E-state index is 12.5. The number of alkyl halides is 3. The molecule has 138 valence electrons. The third-order valence-electron chi connectivity index (χ3n) is 3.77. The van der Waals surface area contributed by atoms with Crippen molar-refractivity contribution in [3.8, 4) is 5.75 Å². The molecular formula is C17H15F3N2O4. The SMILES string of the molecule is Cc1cc(OC2CN(C(=O)Nc3ccc(C(F)(F)F)cc3)C2)cc(=O)o1. The van der Waals surface area contributed by atoms with Crippen LogP contribution in [0.1, 0.15) is 11.3 Å². The zero-order chi connectivity index (χ0) is 18.9. The highest BCUT2D eigenvalue weighted by Crippen LogP contribution is 2.30. The first-order chi connectivity index (χ1) is 12.2. The third kappa shape index (κ3) is 4.16. The predicted octanol–water partition coefficient (Wildman–Crippen LogP) is 3.26. The minimum Gasteiger partial charge on any atom is -0.486 e. The Labute approximate surface area is 146 Å². The molecular weight excluding hydrogens is 353 g/mol. The Bertz CT molecular complexity index is 856. The molecule has 0 bridgehead atoms. The summed E-state index contributed by atoms with van der Waals surface area (Å²) in [5.41, 5.74) is -1.03. The van der Waals surface area contributed by atoms with Gasteiger partial charge in [0.1, 0.15) is 17.6 Å². The van der Waals surface area contributed by atoms with Crippen LogP contribution in [0.5, 0.6) is 5.75 Å². The average Bonchev–Trinajstić information content (AvgIpc) is 2.49. The van der Waals surface area contributed by atoms with Gasteiger partial charge in [-0.3, -0.25) is 0 Å².